The van der Waals surface area contributed by atoms with Gasteiger partial charge in [-0.1, -0.05) is 12.1 Å². The van der Waals surface area contributed by atoms with Gasteiger partial charge in [0, 0.05) is 33.0 Å². The maximum absolute atomic E-state index is 4.53. The third-order valence-corrected chi connectivity index (χ3v) is 4.05. The summed E-state index contributed by atoms with van der Waals surface area (Å²) in [6, 6.07) is 10.9. The molecule has 0 spiro atoms. The van der Waals surface area contributed by atoms with Crippen LogP contribution in [0.3, 0.4) is 0 Å². The normalized spacial score (nSPS) is 18.9. The van der Waals surface area contributed by atoms with Crippen LogP contribution in [0.1, 0.15) is 30.1 Å². The van der Waals surface area contributed by atoms with Gasteiger partial charge in [0.1, 0.15) is 5.82 Å². The van der Waals surface area contributed by atoms with Crippen LogP contribution in [0, 0.1) is 0 Å². The highest BCUT2D eigenvalue weighted by Gasteiger charge is 2.26. The largest absolute Gasteiger partial charge is 0.363 e. The minimum Gasteiger partial charge on any atom is -0.363 e. The van der Waals surface area contributed by atoms with E-state index in [-0.39, 0.29) is 0 Å². The first-order chi connectivity index (χ1) is 10.2. The summed E-state index contributed by atoms with van der Waals surface area (Å²) in [7, 11) is 4.03. The van der Waals surface area contributed by atoms with Gasteiger partial charge in [0.25, 0.3) is 0 Å². The zero-order valence-corrected chi connectivity index (χ0v) is 12.7. The van der Waals surface area contributed by atoms with Crippen molar-refractivity contribution in [3.05, 3.63) is 54.0 Å². The van der Waals surface area contributed by atoms with Crippen LogP contribution in [-0.2, 0) is 6.54 Å². The van der Waals surface area contributed by atoms with Gasteiger partial charge < -0.3 is 4.90 Å². The monoisotopic (exact) mass is 282 g/mol. The Hall–Kier alpha value is -1.94. The Labute approximate surface area is 126 Å². The summed E-state index contributed by atoms with van der Waals surface area (Å²) >= 11 is 0. The van der Waals surface area contributed by atoms with Crippen molar-refractivity contribution in [1.82, 2.24) is 14.9 Å². The fourth-order valence-electron chi connectivity index (χ4n) is 2.93. The molecule has 4 heteroatoms. The number of pyridine rings is 2. The fourth-order valence-corrected chi connectivity index (χ4v) is 2.93. The predicted molar refractivity (Wildman–Crippen MR) is 85.2 cm³/mol. The van der Waals surface area contributed by atoms with Crippen LogP contribution in [0.5, 0.6) is 0 Å². The average Bonchev–Trinajstić information content (AvgIpc) is 2.97. The van der Waals surface area contributed by atoms with E-state index >= 15 is 0 Å². The summed E-state index contributed by atoms with van der Waals surface area (Å²) in [6.45, 7) is 2.08. The number of hydrogen-bond acceptors (Lipinski definition) is 4. The van der Waals surface area contributed by atoms with Crippen molar-refractivity contribution < 1.29 is 0 Å². The highest BCUT2D eigenvalue weighted by atomic mass is 15.2. The number of likely N-dealkylation sites (tertiary alicyclic amines) is 1. The first-order valence-corrected chi connectivity index (χ1v) is 7.51. The minimum absolute atomic E-state index is 0.444. The lowest BCUT2D eigenvalue weighted by molar-refractivity contribution is 0.244. The zero-order valence-electron chi connectivity index (χ0n) is 12.7. The van der Waals surface area contributed by atoms with Crippen molar-refractivity contribution in [2.24, 2.45) is 0 Å². The Morgan fingerprint density at radius 3 is 2.76 bits per heavy atom. The van der Waals surface area contributed by atoms with Crippen molar-refractivity contribution in [3.63, 3.8) is 0 Å². The summed E-state index contributed by atoms with van der Waals surface area (Å²) in [6.07, 6.45) is 6.31. The van der Waals surface area contributed by atoms with E-state index in [1.54, 1.807) is 0 Å². The fraction of sp³-hybridized carbons (Fsp3) is 0.412. The molecule has 0 saturated carbocycles. The molecule has 3 rings (SSSR count). The van der Waals surface area contributed by atoms with Crippen LogP contribution < -0.4 is 4.90 Å². The second-order valence-electron chi connectivity index (χ2n) is 5.80. The molecule has 1 fully saturated rings. The maximum Gasteiger partial charge on any atom is 0.127 e. The van der Waals surface area contributed by atoms with Crippen LogP contribution in [0.15, 0.2) is 42.7 Å². The average molecular weight is 282 g/mol. The Kier molecular flexibility index (Phi) is 4.15. The van der Waals surface area contributed by atoms with Gasteiger partial charge in [-0.25, -0.2) is 4.98 Å². The summed E-state index contributed by atoms with van der Waals surface area (Å²) < 4.78 is 0. The maximum atomic E-state index is 4.53. The molecule has 3 heterocycles. The highest BCUT2D eigenvalue weighted by Crippen LogP contribution is 2.31. The van der Waals surface area contributed by atoms with E-state index in [4.69, 9.17) is 0 Å². The van der Waals surface area contributed by atoms with Gasteiger partial charge in [-0.3, -0.25) is 9.88 Å². The third kappa shape index (κ3) is 3.22. The molecule has 1 aliphatic heterocycles. The number of rotatable bonds is 4. The first-order valence-electron chi connectivity index (χ1n) is 7.51. The molecule has 0 bridgehead atoms. The molecule has 110 valence electrons. The topological polar surface area (TPSA) is 32.3 Å². The number of anilines is 1. The molecular weight excluding hydrogens is 260 g/mol. The van der Waals surface area contributed by atoms with Gasteiger partial charge in [-0.05, 0) is 43.1 Å². The van der Waals surface area contributed by atoms with Crippen molar-refractivity contribution in [3.8, 4) is 0 Å². The number of hydrogen-bond donors (Lipinski definition) is 0. The van der Waals surface area contributed by atoms with Gasteiger partial charge in [-0.2, -0.15) is 0 Å². The third-order valence-electron chi connectivity index (χ3n) is 4.05. The molecule has 2 aromatic heterocycles. The molecule has 0 aromatic carbocycles. The van der Waals surface area contributed by atoms with Crippen LogP contribution in [0.2, 0.25) is 0 Å². The summed E-state index contributed by atoms with van der Waals surface area (Å²) in [5, 5.41) is 0. The molecule has 0 radical (unpaired) electrons. The zero-order chi connectivity index (χ0) is 14.7. The molecule has 0 amide bonds. The lowest BCUT2D eigenvalue weighted by Gasteiger charge is -2.24. The smallest absolute Gasteiger partial charge is 0.127 e. The molecule has 0 N–H and O–H groups in total. The quantitative estimate of drug-likeness (QED) is 0.863. The van der Waals surface area contributed by atoms with Crippen LogP contribution >= 0.6 is 0 Å². The Balaban J connectivity index is 1.71. The van der Waals surface area contributed by atoms with Gasteiger partial charge in [0.05, 0.1) is 11.7 Å². The predicted octanol–water partition coefficient (Wildman–Crippen LogP) is 2.88. The second-order valence-corrected chi connectivity index (χ2v) is 5.80. The van der Waals surface area contributed by atoms with Gasteiger partial charge in [0.2, 0.25) is 0 Å². The van der Waals surface area contributed by atoms with Gasteiger partial charge in [0.15, 0.2) is 0 Å². The minimum atomic E-state index is 0.444. The highest BCUT2D eigenvalue weighted by molar-refractivity contribution is 5.37. The summed E-state index contributed by atoms with van der Waals surface area (Å²) in [5.74, 6) is 1.00. The Morgan fingerprint density at radius 2 is 2.10 bits per heavy atom. The molecule has 0 unspecified atom stereocenters. The van der Waals surface area contributed by atoms with Crippen molar-refractivity contribution >= 4 is 5.82 Å². The van der Waals surface area contributed by atoms with Gasteiger partial charge >= 0.3 is 0 Å². The van der Waals surface area contributed by atoms with Crippen LogP contribution in [-0.4, -0.2) is 35.5 Å². The lowest BCUT2D eigenvalue weighted by Crippen LogP contribution is -2.23. The second kappa shape index (κ2) is 6.22. The van der Waals surface area contributed by atoms with E-state index in [9.17, 15) is 0 Å². The lowest BCUT2D eigenvalue weighted by atomic mass is 10.1. The van der Waals surface area contributed by atoms with Gasteiger partial charge in [-0.15, -0.1) is 0 Å². The van der Waals surface area contributed by atoms with E-state index in [2.05, 4.69) is 39.1 Å². The summed E-state index contributed by atoms with van der Waals surface area (Å²) in [5.41, 5.74) is 2.45. The molecule has 1 saturated heterocycles. The van der Waals surface area contributed by atoms with E-state index in [0.717, 1.165) is 18.9 Å². The van der Waals surface area contributed by atoms with E-state index in [1.165, 1.54) is 24.1 Å². The first kappa shape index (κ1) is 14.0. The SMILES string of the molecule is CN(C)c1ccc(CN2CCC[C@@H]2c2ccccn2)cn1. The van der Waals surface area contributed by atoms with Crippen molar-refractivity contribution in [2.75, 3.05) is 25.5 Å². The Bertz CT molecular complexity index is 565. The van der Waals surface area contributed by atoms with E-state index in [1.807, 2.05) is 37.5 Å². The van der Waals surface area contributed by atoms with E-state index in [0.29, 0.717) is 6.04 Å². The standard InChI is InChI=1S/C17H22N4/c1-20(2)17-9-8-14(12-19-17)13-21-11-5-7-16(21)15-6-3-4-10-18-15/h3-4,6,8-10,12,16H,5,7,11,13H2,1-2H3/t16-/m1/s1. The Morgan fingerprint density at radius 1 is 1.19 bits per heavy atom. The van der Waals surface area contributed by atoms with E-state index < -0.39 is 0 Å². The molecule has 4 nitrogen and oxygen atoms in total. The molecule has 1 aliphatic rings. The van der Waals surface area contributed by atoms with Crippen LogP contribution in [0.4, 0.5) is 5.82 Å². The van der Waals surface area contributed by atoms with Crippen molar-refractivity contribution in [2.45, 2.75) is 25.4 Å². The van der Waals surface area contributed by atoms with Crippen molar-refractivity contribution in [1.29, 1.82) is 0 Å². The van der Waals surface area contributed by atoms with Crippen LogP contribution in [0.25, 0.3) is 0 Å². The molecule has 2 aromatic rings. The molecular formula is C17H22N4. The number of aromatic nitrogens is 2. The molecule has 1 atom stereocenters. The number of nitrogens with zero attached hydrogens (tertiary/aromatic N) is 4. The molecule has 21 heavy (non-hydrogen) atoms. The molecule has 0 aliphatic carbocycles. The summed E-state index contributed by atoms with van der Waals surface area (Å²) in [4.78, 5) is 13.6.